The molecule has 0 radical (unpaired) electrons. The molecule has 1 atom stereocenters. The molecule has 0 aromatic rings. The van der Waals surface area contributed by atoms with Crippen molar-refractivity contribution in [1.82, 2.24) is 5.48 Å². The number of hydrogen-bond acceptors (Lipinski definition) is 2. The van der Waals surface area contributed by atoms with Gasteiger partial charge >= 0.3 is 0 Å². The number of nitrogens with one attached hydrogen (secondary N) is 1. The predicted octanol–water partition coefficient (Wildman–Crippen LogP) is 2.11. The fourth-order valence-electron chi connectivity index (χ4n) is 0.639. The molecule has 1 unspecified atom stereocenters. The Labute approximate surface area is 88.3 Å². The van der Waals surface area contributed by atoms with Gasteiger partial charge in [0, 0.05) is 0 Å². The van der Waals surface area contributed by atoms with Gasteiger partial charge in [0.15, 0.2) is 0 Å². The van der Waals surface area contributed by atoms with Crippen LogP contribution in [0.2, 0.25) is 0 Å². The lowest BCUT2D eigenvalue weighted by atomic mass is 10.1. The summed E-state index contributed by atoms with van der Waals surface area (Å²) in [5.74, 6) is 0.575. The van der Waals surface area contributed by atoms with E-state index >= 15 is 0 Å². The van der Waals surface area contributed by atoms with Crippen LogP contribution < -0.4 is 5.48 Å². The van der Waals surface area contributed by atoms with Crippen molar-refractivity contribution in [2.45, 2.75) is 32.5 Å². The molecule has 0 aliphatic rings. The highest BCUT2D eigenvalue weighted by Gasteiger charge is 2.18. The van der Waals surface area contributed by atoms with Gasteiger partial charge in [0.2, 0.25) is 0 Å². The van der Waals surface area contributed by atoms with Crippen molar-refractivity contribution < 1.29 is 9.63 Å². The third kappa shape index (κ3) is 6.05. The number of alkyl halides is 1. The summed E-state index contributed by atoms with van der Waals surface area (Å²) in [4.78, 5) is 16.1. The van der Waals surface area contributed by atoms with E-state index in [4.69, 9.17) is 4.84 Å². The molecule has 13 heavy (non-hydrogen) atoms. The zero-order valence-electron chi connectivity index (χ0n) is 8.63. The molecule has 0 fully saturated rings. The minimum atomic E-state index is -0.181. The fraction of sp³-hybridized carbons (Fsp3) is 0.889. The second kappa shape index (κ2) is 6.38. The van der Waals surface area contributed by atoms with Gasteiger partial charge in [-0.05, 0) is 11.8 Å². The second-order valence-corrected chi connectivity index (χ2v) is 4.80. The molecule has 78 valence electrons. The molecule has 0 aliphatic heterocycles. The maximum absolute atomic E-state index is 11.3. The Morgan fingerprint density at radius 2 is 1.92 bits per heavy atom. The SMILES string of the molecule is CC(C)CONC(=O)C(Br)C(C)C. The third-order valence-electron chi connectivity index (χ3n) is 1.43. The van der Waals surface area contributed by atoms with E-state index in [-0.39, 0.29) is 16.7 Å². The number of halogens is 1. The van der Waals surface area contributed by atoms with E-state index < -0.39 is 0 Å². The van der Waals surface area contributed by atoms with Crippen LogP contribution in [0.5, 0.6) is 0 Å². The number of amides is 1. The van der Waals surface area contributed by atoms with Gasteiger partial charge in [0.25, 0.3) is 5.91 Å². The highest BCUT2D eigenvalue weighted by molar-refractivity contribution is 9.10. The largest absolute Gasteiger partial charge is 0.273 e. The molecule has 0 bridgehead atoms. The molecule has 0 heterocycles. The van der Waals surface area contributed by atoms with Crippen LogP contribution in [0.25, 0.3) is 0 Å². The summed E-state index contributed by atoms with van der Waals surface area (Å²) < 4.78 is 0. The number of hydrogen-bond donors (Lipinski definition) is 1. The lowest BCUT2D eigenvalue weighted by molar-refractivity contribution is -0.134. The quantitative estimate of drug-likeness (QED) is 0.601. The van der Waals surface area contributed by atoms with E-state index in [1.807, 2.05) is 27.7 Å². The Hall–Kier alpha value is -0.0900. The van der Waals surface area contributed by atoms with Gasteiger partial charge in [-0.1, -0.05) is 43.6 Å². The van der Waals surface area contributed by atoms with E-state index in [0.29, 0.717) is 12.5 Å². The van der Waals surface area contributed by atoms with Crippen LogP contribution >= 0.6 is 15.9 Å². The van der Waals surface area contributed by atoms with Gasteiger partial charge in [-0.3, -0.25) is 9.63 Å². The Morgan fingerprint density at radius 3 is 2.31 bits per heavy atom. The smallest absolute Gasteiger partial charge is 0.257 e. The molecule has 1 N–H and O–H groups in total. The lowest BCUT2D eigenvalue weighted by Crippen LogP contribution is -2.34. The number of rotatable bonds is 5. The van der Waals surface area contributed by atoms with E-state index in [9.17, 15) is 4.79 Å². The molecule has 0 saturated heterocycles. The number of carbonyl (C=O) groups is 1. The van der Waals surface area contributed by atoms with Crippen molar-refractivity contribution >= 4 is 21.8 Å². The first-order valence-electron chi connectivity index (χ1n) is 4.50. The molecule has 0 rings (SSSR count). The van der Waals surface area contributed by atoms with Crippen LogP contribution in [0, 0.1) is 11.8 Å². The molecule has 0 aromatic carbocycles. The van der Waals surface area contributed by atoms with Gasteiger partial charge in [-0.15, -0.1) is 0 Å². The van der Waals surface area contributed by atoms with Crippen molar-refractivity contribution in [3.63, 3.8) is 0 Å². The maximum Gasteiger partial charge on any atom is 0.257 e. The molecule has 0 aliphatic carbocycles. The molecule has 0 aromatic heterocycles. The normalized spacial score (nSPS) is 13.5. The summed E-state index contributed by atoms with van der Waals surface area (Å²) in [6.07, 6.45) is 0. The molecule has 0 saturated carbocycles. The average molecular weight is 252 g/mol. The fourth-order valence-corrected chi connectivity index (χ4v) is 0.732. The molecular formula is C9H18BrNO2. The van der Waals surface area contributed by atoms with Gasteiger partial charge in [-0.2, -0.15) is 0 Å². The first-order chi connectivity index (χ1) is 5.95. The van der Waals surface area contributed by atoms with Crippen molar-refractivity contribution in [3.05, 3.63) is 0 Å². The minimum absolute atomic E-state index is 0.115. The first-order valence-corrected chi connectivity index (χ1v) is 5.42. The van der Waals surface area contributed by atoms with E-state index in [1.54, 1.807) is 0 Å². The van der Waals surface area contributed by atoms with Gasteiger partial charge in [-0.25, -0.2) is 5.48 Å². The summed E-state index contributed by atoms with van der Waals surface area (Å²) in [7, 11) is 0. The topological polar surface area (TPSA) is 38.3 Å². The standard InChI is InChI=1S/C9H18BrNO2/c1-6(2)5-13-11-9(12)8(10)7(3)4/h6-8H,5H2,1-4H3,(H,11,12). The van der Waals surface area contributed by atoms with E-state index in [0.717, 1.165) is 0 Å². The number of carbonyl (C=O) groups excluding carboxylic acids is 1. The summed E-state index contributed by atoms with van der Waals surface area (Å²) in [6.45, 7) is 8.55. The Morgan fingerprint density at radius 1 is 1.38 bits per heavy atom. The van der Waals surface area contributed by atoms with E-state index in [2.05, 4.69) is 21.4 Å². The van der Waals surface area contributed by atoms with Crippen LogP contribution in [-0.2, 0) is 9.63 Å². The Kier molecular flexibility index (Phi) is 6.33. The minimum Gasteiger partial charge on any atom is -0.273 e. The highest BCUT2D eigenvalue weighted by atomic mass is 79.9. The van der Waals surface area contributed by atoms with Crippen LogP contribution in [0.15, 0.2) is 0 Å². The van der Waals surface area contributed by atoms with Crippen LogP contribution in [0.3, 0.4) is 0 Å². The molecule has 4 heteroatoms. The third-order valence-corrected chi connectivity index (χ3v) is 2.90. The first kappa shape index (κ1) is 12.9. The summed E-state index contributed by atoms with van der Waals surface area (Å²) >= 11 is 3.28. The van der Waals surface area contributed by atoms with Gasteiger partial charge in [0.05, 0.1) is 11.4 Å². The zero-order chi connectivity index (χ0) is 10.4. The summed E-state index contributed by atoms with van der Waals surface area (Å²) in [6, 6.07) is 0. The zero-order valence-corrected chi connectivity index (χ0v) is 10.2. The predicted molar refractivity (Wildman–Crippen MR) is 56.5 cm³/mol. The maximum atomic E-state index is 11.3. The van der Waals surface area contributed by atoms with Crippen LogP contribution in [0.1, 0.15) is 27.7 Å². The van der Waals surface area contributed by atoms with Gasteiger partial charge in [0.1, 0.15) is 0 Å². The average Bonchev–Trinajstić information content (AvgIpc) is 2.02. The number of hydroxylamine groups is 1. The highest BCUT2D eigenvalue weighted by Crippen LogP contribution is 2.11. The molecular weight excluding hydrogens is 234 g/mol. The molecule has 1 amide bonds. The lowest BCUT2D eigenvalue weighted by Gasteiger charge is -2.14. The Balaban J connectivity index is 3.62. The Bertz CT molecular complexity index is 160. The van der Waals surface area contributed by atoms with Crippen molar-refractivity contribution in [2.75, 3.05) is 6.61 Å². The van der Waals surface area contributed by atoms with E-state index in [1.165, 1.54) is 0 Å². The van der Waals surface area contributed by atoms with Crippen molar-refractivity contribution in [1.29, 1.82) is 0 Å². The monoisotopic (exact) mass is 251 g/mol. The van der Waals surface area contributed by atoms with Crippen molar-refractivity contribution in [3.8, 4) is 0 Å². The summed E-state index contributed by atoms with van der Waals surface area (Å²) in [5, 5.41) is 0. The molecule has 0 spiro atoms. The second-order valence-electron chi connectivity index (χ2n) is 3.82. The molecule has 3 nitrogen and oxygen atoms in total. The van der Waals surface area contributed by atoms with Crippen LogP contribution in [0.4, 0.5) is 0 Å². The van der Waals surface area contributed by atoms with Crippen molar-refractivity contribution in [2.24, 2.45) is 11.8 Å². The van der Waals surface area contributed by atoms with Crippen LogP contribution in [-0.4, -0.2) is 17.3 Å². The summed E-state index contributed by atoms with van der Waals surface area (Å²) in [5.41, 5.74) is 2.41. The van der Waals surface area contributed by atoms with Gasteiger partial charge < -0.3 is 0 Å².